The third kappa shape index (κ3) is 1.91. The second kappa shape index (κ2) is 3.94. The van der Waals surface area contributed by atoms with Gasteiger partial charge in [-0.2, -0.15) is 4.80 Å². The third-order valence-electron chi connectivity index (χ3n) is 3.21. The number of piperidine rings is 1. The van der Waals surface area contributed by atoms with E-state index < -0.39 is 0 Å². The van der Waals surface area contributed by atoms with E-state index in [1.807, 2.05) is 0 Å². The van der Waals surface area contributed by atoms with Crippen LogP contribution in [-0.4, -0.2) is 44.7 Å². The highest BCUT2D eigenvalue weighted by atomic mass is 35.5. The number of hydrogen-bond acceptors (Lipinski definition) is 5. The number of hydrogen-bond donors (Lipinski definition) is 1. The van der Waals surface area contributed by atoms with Crippen LogP contribution in [0.25, 0.3) is 0 Å². The SMILES string of the molecule is Cl.Nc1nnn(C2CC3CCN(C3)C2)n1. The predicted molar refractivity (Wildman–Crippen MR) is 57.7 cm³/mol. The van der Waals surface area contributed by atoms with Crippen molar-refractivity contribution in [2.24, 2.45) is 5.92 Å². The number of fused-ring (bicyclic) bond motifs is 2. The van der Waals surface area contributed by atoms with Gasteiger partial charge in [0.1, 0.15) is 0 Å². The largest absolute Gasteiger partial charge is 0.365 e. The Morgan fingerprint density at radius 3 is 2.87 bits per heavy atom. The van der Waals surface area contributed by atoms with Crippen molar-refractivity contribution in [3.8, 4) is 0 Å². The summed E-state index contributed by atoms with van der Waals surface area (Å²) in [6.45, 7) is 3.53. The van der Waals surface area contributed by atoms with E-state index in [0.29, 0.717) is 6.04 Å². The maximum Gasteiger partial charge on any atom is 0.260 e. The summed E-state index contributed by atoms with van der Waals surface area (Å²) < 4.78 is 0. The van der Waals surface area contributed by atoms with Gasteiger partial charge in [-0.1, -0.05) is 5.10 Å². The number of aromatic nitrogens is 4. The first-order chi connectivity index (χ1) is 6.81. The fourth-order valence-electron chi connectivity index (χ4n) is 2.59. The van der Waals surface area contributed by atoms with Gasteiger partial charge in [-0.3, -0.25) is 0 Å². The molecular formula is C8H15ClN6. The van der Waals surface area contributed by atoms with Crippen molar-refractivity contribution in [3.05, 3.63) is 0 Å². The quantitative estimate of drug-likeness (QED) is 0.732. The van der Waals surface area contributed by atoms with Crippen molar-refractivity contribution in [2.45, 2.75) is 18.9 Å². The lowest BCUT2D eigenvalue weighted by Gasteiger charge is -2.28. The molecule has 2 bridgehead atoms. The Bertz CT molecular complexity index is 328. The average Bonchev–Trinajstić information content (AvgIpc) is 2.73. The molecule has 0 aliphatic carbocycles. The van der Waals surface area contributed by atoms with Crippen LogP contribution in [-0.2, 0) is 0 Å². The van der Waals surface area contributed by atoms with Crippen molar-refractivity contribution < 1.29 is 0 Å². The van der Waals surface area contributed by atoms with Crippen molar-refractivity contribution in [1.82, 2.24) is 25.1 Å². The Hall–Kier alpha value is -0.880. The Labute approximate surface area is 94.2 Å². The summed E-state index contributed by atoms with van der Waals surface area (Å²) in [7, 11) is 0. The van der Waals surface area contributed by atoms with Crippen LogP contribution < -0.4 is 5.73 Å². The lowest BCUT2D eigenvalue weighted by molar-refractivity contribution is 0.181. The van der Waals surface area contributed by atoms with Gasteiger partial charge in [0.25, 0.3) is 5.95 Å². The first kappa shape index (κ1) is 10.6. The second-order valence-corrected chi connectivity index (χ2v) is 4.27. The van der Waals surface area contributed by atoms with Gasteiger partial charge in [0.15, 0.2) is 0 Å². The molecule has 0 saturated carbocycles. The van der Waals surface area contributed by atoms with E-state index in [0.717, 1.165) is 12.5 Å². The van der Waals surface area contributed by atoms with Crippen LogP contribution in [0.2, 0.25) is 0 Å². The van der Waals surface area contributed by atoms with Gasteiger partial charge in [0.2, 0.25) is 0 Å². The van der Waals surface area contributed by atoms with Gasteiger partial charge < -0.3 is 10.6 Å². The number of nitrogens with two attached hydrogens (primary N) is 1. The Kier molecular flexibility index (Phi) is 2.79. The minimum absolute atomic E-state index is 0. The molecule has 6 nitrogen and oxygen atoms in total. The molecule has 2 aliphatic rings. The van der Waals surface area contributed by atoms with Gasteiger partial charge in [0, 0.05) is 13.1 Å². The normalized spacial score (nSPS) is 33.7. The van der Waals surface area contributed by atoms with Crippen molar-refractivity contribution in [3.63, 3.8) is 0 Å². The summed E-state index contributed by atoms with van der Waals surface area (Å²) in [5.41, 5.74) is 5.45. The van der Waals surface area contributed by atoms with Gasteiger partial charge in [0.05, 0.1) is 6.04 Å². The van der Waals surface area contributed by atoms with Crippen molar-refractivity contribution >= 4 is 18.4 Å². The molecule has 15 heavy (non-hydrogen) atoms. The van der Waals surface area contributed by atoms with Gasteiger partial charge in [-0.05, 0) is 30.5 Å². The lowest BCUT2D eigenvalue weighted by atomic mass is 9.97. The van der Waals surface area contributed by atoms with E-state index in [1.54, 1.807) is 4.80 Å². The standard InChI is InChI=1S/C8H14N6.ClH/c9-8-10-12-14(11-8)7-3-6-1-2-13(4-6)5-7;/h6-7H,1-5H2,(H2,9,11);1H. The van der Waals surface area contributed by atoms with Crippen LogP contribution in [0.5, 0.6) is 0 Å². The van der Waals surface area contributed by atoms with Crippen LogP contribution >= 0.6 is 12.4 Å². The maximum atomic E-state index is 5.45. The van der Waals surface area contributed by atoms with Crippen molar-refractivity contribution in [2.75, 3.05) is 25.4 Å². The van der Waals surface area contributed by atoms with Gasteiger partial charge in [-0.25, -0.2) is 0 Å². The van der Waals surface area contributed by atoms with E-state index in [9.17, 15) is 0 Å². The summed E-state index contributed by atoms with van der Waals surface area (Å²) >= 11 is 0. The monoisotopic (exact) mass is 230 g/mol. The molecule has 0 spiro atoms. The Balaban J connectivity index is 0.000000853. The molecule has 7 heteroatoms. The highest BCUT2D eigenvalue weighted by Crippen LogP contribution is 2.32. The van der Waals surface area contributed by atoms with E-state index in [1.165, 1.54) is 25.9 Å². The topological polar surface area (TPSA) is 72.9 Å². The number of nitrogens with zero attached hydrogens (tertiary/aromatic N) is 5. The number of anilines is 1. The lowest BCUT2D eigenvalue weighted by Crippen LogP contribution is -2.35. The minimum Gasteiger partial charge on any atom is -0.365 e. The highest BCUT2D eigenvalue weighted by Gasteiger charge is 2.34. The number of rotatable bonds is 1. The predicted octanol–water partition coefficient (Wildman–Crippen LogP) is -0.0562. The molecule has 0 radical (unpaired) electrons. The Morgan fingerprint density at radius 2 is 2.20 bits per heavy atom. The molecule has 0 amide bonds. The molecule has 3 heterocycles. The molecule has 1 aromatic rings. The van der Waals surface area contributed by atoms with Crippen LogP contribution in [0.4, 0.5) is 5.95 Å². The fraction of sp³-hybridized carbons (Fsp3) is 0.875. The first-order valence-corrected chi connectivity index (χ1v) is 5.08. The van der Waals surface area contributed by atoms with E-state index >= 15 is 0 Å². The summed E-state index contributed by atoms with van der Waals surface area (Å²) in [6, 6.07) is 0.376. The van der Waals surface area contributed by atoms with Crippen LogP contribution in [0.1, 0.15) is 18.9 Å². The summed E-state index contributed by atoms with van der Waals surface area (Å²) in [5.74, 6) is 1.10. The molecule has 84 valence electrons. The van der Waals surface area contributed by atoms with E-state index in [4.69, 9.17) is 5.73 Å². The summed E-state index contributed by atoms with van der Waals surface area (Å²) in [6.07, 6.45) is 2.49. The molecule has 3 rings (SSSR count). The Morgan fingerprint density at radius 1 is 1.33 bits per heavy atom. The summed E-state index contributed by atoms with van der Waals surface area (Å²) in [4.78, 5) is 4.15. The van der Waals surface area contributed by atoms with Crippen LogP contribution in [0.3, 0.4) is 0 Å². The smallest absolute Gasteiger partial charge is 0.260 e. The zero-order chi connectivity index (χ0) is 9.54. The number of tetrazole rings is 1. The molecule has 2 N–H and O–H groups in total. The number of nitrogen functional groups attached to an aromatic ring is 1. The molecule has 2 fully saturated rings. The van der Waals surface area contributed by atoms with E-state index in [2.05, 4.69) is 20.3 Å². The molecule has 3 unspecified atom stereocenters. The van der Waals surface area contributed by atoms with Gasteiger partial charge >= 0.3 is 0 Å². The maximum absolute atomic E-state index is 5.45. The first-order valence-electron chi connectivity index (χ1n) is 5.08. The van der Waals surface area contributed by atoms with Gasteiger partial charge in [-0.15, -0.1) is 17.5 Å². The van der Waals surface area contributed by atoms with Crippen LogP contribution in [0.15, 0.2) is 0 Å². The molecule has 3 atom stereocenters. The molecule has 1 aromatic heterocycles. The van der Waals surface area contributed by atoms with Crippen molar-refractivity contribution in [1.29, 1.82) is 0 Å². The molecule has 0 aromatic carbocycles. The minimum atomic E-state index is 0. The average molecular weight is 231 g/mol. The molecular weight excluding hydrogens is 216 g/mol. The molecule has 2 aliphatic heterocycles. The highest BCUT2D eigenvalue weighted by molar-refractivity contribution is 5.85. The second-order valence-electron chi connectivity index (χ2n) is 4.27. The number of halogens is 1. The molecule has 2 saturated heterocycles. The fourth-order valence-corrected chi connectivity index (χ4v) is 2.59. The van der Waals surface area contributed by atoms with Crippen LogP contribution in [0, 0.1) is 5.92 Å². The summed E-state index contributed by atoms with van der Waals surface area (Å²) in [5, 5.41) is 11.7. The third-order valence-corrected chi connectivity index (χ3v) is 3.21. The zero-order valence-corrected chi connectivity index (χ0v) is 9.23. The zero-order valence-electron chi connectivity index (χ0n) is 8.41. The van der Waals surface area contributed by atoms with E-state index in [-0.39, 0.29) is 18.4 Å².